The molecule has 3 aromatic carbocycles. The number of hydrogen-bond donors (Lipinski definition) is 2. The molecule has 0 aliphatic carbocycles. The maximum atomic E-state index is 11.0. The summed E-state index contributed by atoms with van der Waals surface area (Å²) < 4.78 is 0. The number of anilines is 2. The molecule has 29 heavy (non-hydrogen) atoms. The summed E-state index contributed by atoms with van der Waals surface area (Å²) in [7, 11) is 4.05. The zero-order valence-corrected chi connectivity index (χ0v) is 16.9. The average Bonchev–Trinajstić information content (AvgIpc) is 2.74. The van der Waals surface area contributed by atoms with Crippen molar-refractivity contribution in [3.8, 4) is 5.75 Å². The van der Waals surface area contributed by atoms with E-state index >= 15 is 0 Å². The van der Waals surface area contributed by atoms with Gasteiger partial charge in [0.15, 0.2) is 0 Å². The first-order valence-electron chi connectivity index (χ1n) is 9.70. The average molecular weight is 383 g/mol. The van der Waals surface area contributed by atoms with Crippen LogP contribution in [0.5, 0.6) is 5.75 Å². The van der Waals surface area contributed by atoms with Gasteiger partial charge in [0.2, 0.25) is 0 Å². The van der Waals surface area contributed by atoms with Gasteiger partial charge < -0.3 is 15.3 Å². The molecule has 1 aromatic heterocycles. The maximum Gasteiger partial charge on any atom is 0.147 e. The van der Waals surface area contributed by atoms with Crippen LogP contribution in [0.1, 0.15) is 22.7 Å². The van der Waals surface area contributed by atoms with E-state index in [0.29, 0.717) is 5.52 Å². The van der Waals surface area contributed by atoms with E-state index in [1.165, 1.54) is 5.56 Å². The van der Waals surface area contributed by atoms with E-state index in [0.717, 1.165) is 27.9 Å². The van der Waals surface area contributed by atoms with Crippen LogP contribution in [0, 0.1) is 6.92 Å². The van der Waals surface area contributed by atoms with Crippen molar-refractivity contribution in [2.24, 2.45) is 0 Å². The van der Waals surface area contributed by atoms with Crippen molar-refractivity contribution in [1.29, 1.82) is 0 Å². The fourth-order valence-corrected chi connectivity index (χ4v) is 3.50. The number of aryl methyl sites for hydroxylation is 1. The lowest BCUT2D eigenvalue weighted by Gasteiger charge is -2.23. The Bertz CT molecular complexity index is 1120. The molecule has 0 saturated carbocycles. The Kier molecular flexibility index (Phi) is 5.09. The molecule has 2 N–H and O–H groups in total. The van der Waals surface area contributed by atoms with Crippen LogP contribution in [0.25, 0.3) is 10.9 Å². The van der Waals surface area contributed by atoms with Crippen molar-refractivity contribution in [1.82, 2.24) is 4.98 Å². The molecule has 0 aliphatic heterocycles. The third-order valence-corrected chi connectivity index (χ3v) is 5.20. The minimum atomic E-state index is -0.208. The Morgan fingerprint density at radius 2 is 1.62 bits per heavy atom. The molecule has 0 aliphatic rings. The summed E-state index contributed by atoms with van der Waals surface area (Å²) in [5, 5.41) is 15.5. The standard InChI is InChI=1S/C25H25N3O/c1-17-6-11-20(12-7-17)27-23(19-8-13-21(14-9-19)28(2)3)22-15-10-18-5-4-16-26-24(18)25(22)29/h4-16,23,27,29H,1-3H3. The number of rotatable bonds is 5. The number of phenols is 1. The lowest BCUT2D eigenvalue weighted by atomic mass is 9.95. The minimum absolute atomic E-state index is 0.208. The van der Waals surface area contributed by atoms with Crippen molar-refractivity contribution in [2.45, 2.75) is 13.0 Å². The van der Waals surface area contributed by atoms with Crippen LogP contribution in [0.2, 0.25) is 0 Å². The van der Waals surface area contributed by atoms with Crippen molar-refractivity contribution in [2.75, 3.05) is 24.3 Å². The van der Waals surface area contributed by atoms with Gasteiger partial charge >= 0.3 is 0 Å². The topological polar surface area (TPSA) is 48.4 Å². The Hall–Kier alpha value is -3.53. The van der Waals surface area contributed by atoms with Crippen LogP contribution in [-0.2, 0) is 0 Å². The predicted molar refractivity (Wildman–Crippen MR) is 121 cm³/mol. The summed E-state index contributed by atoms with van der Waals surface area (Å²) in [6.45, 7) is 2.07. The summed E-state index contributed by atoms with van der Waals surface area (Å²) in [4.78, 5) is 6.46. The van der Waals surface area contributed by atoms with E-state index in [9.17, 15) is 5.11 Å². The van der Waals surface area contributed by atoms with E-state index in [-0.39, 0.29) is 11.8 Å². The van der Waals surface area contributed by atoms with E-state index in [4.69, 9.17) is 0 Å². The van der Waals surface area contributed by atoms with Gasteiger partial charge in [-0.2, -0.15) is 0 Å². The number of hydrogen-bond acceptors (Lipinski definition) is 4. The molecular formula is C25H25N3O. The Labute approximate surface area is 171 Å². The van der Waals surface area contributed by atoms with Gasteiger partial charge in [-0.05, 0) is 42.8 Å². The lowest BCUT2D eigenvalue weighted by molar-refractivity contribution is 0.472. The molecule has 0 amide bonds. The molecule has 0 radical (unpaired) electrons. The summed E-state index contributed by atoms with van der Waals surface area (Å²) in [5.41, 5.74) is 5.83. The van der Waals surface area contributed by atoms with Crippen LogP contribution < -0.4 is 10.2 Å². The van der Waals surface area contributed by atoms with Gasteiger partial charge in [0.05, 0.1) is 6.04 Å². The van der Waals surface area contributed by atoms with E-state index in [1.807, 2.05) is 38.4 Å². The summed E-state index contributed by atoms with van der Waals surface area (Å²) in [6, 6.07) is 24.3. The van der Waals surface area contributed by atoms with Gasteiger partial charge in [-0.3, -0.25) is 4.98 Å². The third kappa shape index (κ3) is 3.87. The van der Waals surface area contributed by atoms with Crippen LogP contribution >= 0.6 is 0 Å². The number of nitrogens with zero attached hydrogens (tertiary/aromatic N) is 2. The number of phenolic OH excluding ortho intramolecular Hbond substituents is 1. The molecule has 4 rings (SSSR count). The highest BCUT2D eigenvalue weighted by atomic mass is 16.3. The number of fused-ring (bicyclic) bond motifs is 1. The van der Waals surface area contributed by atoms with Gasteiger partial charge in [0.25, 0.3) is 0 Å². The molecule has 1 unspecified atom stereocenters. The summed E-state index contributed by atoms with van der Waals surface area (Å²) in [5.74, 6) is 0.212. The van der Waals surface area contributed by atoms with E-state index in [1.54, 1.807) is 6.20 Å². The zero-order valence-electron chi connectivity index (χ0n) is 16.9. The van der Waals surface area contributed by atoms with Crippen LogP contribution in [0.4, 0.5) is 11.4 Å². The second kappa shape index (κ2) is 7.84. The first kappa shape index (κ1) is 18.8. The highest BCUT2D eigenvalue weighted by Crippen LogP contribution is 2.36. The van der Waals surface area contributed by atoms with Gasteiger partial charge in [0, 0.05) is 42.6 Å². The Balaban J connectivity index is 1.81. The van der Waals surface area contributed by atoms with Gasteiger partial charge in [-0.25, -0.2) is 0 Å². The fourth-order valence-electron chi connectivity index (χ4n) is 3.50. The Morgan fingerprint density at radius 3 is 2.31 bits per heavy atom. The van der Waals surface area contributed by atoms with Crippen LogP contribution in [0.3, 0.4) is 0 Å². The first-order valence-corrected chi connectivity index (χ1v) is 9.70. The molecule has 4 nitrogen and oxygen atoms in total. The van der Waals surface area contributed by atoms with E-state index < -0.39 is 0 Å². The number of pyridine rings is 1. The minimum Gasteiger partial charge on any atom is -0.505 e. The molecule has 0 spiro atoms. The molecular weight excluding hydrogens is 358 g/mol. The van der Waals surface area contributed by atoms with Gasteiger partial charge in [-0.15, -0.1) is 0 Å². The molecule has 1 heterocycles. The zero-order chi connectivity index (χ0) is 20.4. The van der Waals surface area contributed by atoms with Gasteiger partial charge in [-0.1, -0.05) is 48.0 Å². The van der Waals surface area contributed by atoms with Crippen molar-refractivity contribution in [3.05, 3.63) is 95.7 Å². The lowest BCUT2D eigenvalue weighted by Crippen LogP contribution is -2.14. The normalized spacial score (nSPS) is 12.0. The van der Waals surface area contributed by atoms with Crippen molar-refractivity contribution < 1.29 is 5.11 Å². The molecule has 0 bridgehead atoms. The molecule has 146 valence electrons. The summed E-state index contributed by atoms with van der Waals surface area (Å²) >= 11 is 0. The summed E-state index contributed by atoms with van der Waals surface area (Å²) in [6.07, 6.45) is 1.71. The quantitative estimate of drug-likeness (QED) is 0.477. The molecule has 1 atom stereocenters. The smallest absolute Gasteiger partial charge is 0.147 e. The Morgan fingerprint density at radius 1 is 0.897 bits per heavy atom. The van der Waals surface area contributed by atoms with Crippen LogP contribution in [0.15, 0.2) is 79.0 Å². The van der Waals surface area contributed by atoms with Crippen LogP contribution in [-0.4, -0.2) is 24.2 Å². The maximum absolute atomic E-state index is 11.0. The number of aromatic nitrogens is 1. The second-order valence-corrected chi connectivity index (χ2v) is 7.51. The number of aromatic hydroxyl groups is 1. The van der Waals surface area contributed by atoms with E-state index in [2.05, 4.69) is 70.7 Å². The second-order valence-electron chi connectivity index (χ2n) is 7.51. The predicted octanol–water partition coefficient (Wildman–Crippen LogP) is 5.52. The fraction of sp³-hybridized carbons (Fsp3) is 0.160. The largest absolute Gasteiger partial charge is 0.505 e. The molecule has 4 aromatic rings. The molecule has 0 fully saturated rings. The monoisotopic (exact) mass is 383 g/mol. The number of benzene rings is 3. The van der Waals surface area contributed by atoms with Crippen molar-refractivity contribution >= 4 is 22.3 Å². The highest BCUT2D eigenvalue weighted by molar-refractivity contribution is 5.86. The first-order chi connectivity index (χ1) is 14.0. The highest BCUT2D eigenvalue weighted by Gasteiger charge is 2.20. The van der Waals surface area contributed by atoms with Gasteiger partial charge in [0.1, 0.15) is 11.3 Å². The molecule has 4 heteroatoms. The third-order valence-electron chi connectivity index (χ3n) is 5.20. The SMILES string of the molecule is Cc1ccc(NC(c2ccc(N(C)C)cc2)c2ccc3cccnc3c2O)cc1. The van der Waals surface area contributed by atoms with Crippen molar-refractivity contribution in [3.63, 3.8) is 0 Å². The number of nitrogens with one attached hydrogen (secondary N) is 1. The molecule has 0 saturated heterocycles.